The molecule has 0 radical (unpaired) electrons. The van der Waals surface area contributed by atoms with E-state index in [0.29, 0.717) is 6.54 Å². The third kappa shape index (κ3) is 4.64. The standard InChI is InChI=1S/C19H22N2O2S2/c1-2-4-14-6-8-15(9-7-14)18(16-5-3-11-24-16)20-17(22)13-21-10-12-25-19(21)23/h3,5-9,11,18H,2,4,10,12-13H2,1H3,(H,20,22)/t18-/m1/s1. The molecule has 2 aromatic rings. The number of hydrogen-bond donors (Lipinski definition) is 1. The predicted octanol–water partition coefficient (Wildman–Crippen LogP) is 4.08. The van der Waals surface area contributed by atoms with Gasteiger partial charge in [0, 0.05) is 17.2 Å². The van der Waals surface area contributed by atoms with E-state index in [9.17, 15) is 9.59 Å². The zero-order chi connectivity index (χ0) is 17.6. The molecule has 2 amide bonds. The second-order valence-corrected chi connectivity index (χ2v) is 8.07. The molecule has 6 heteroatoms. The predicted molar refractivity (Wildman–Crippen MR) is 104 cm³/mol. The first-order chi connectivity index (χ1) is 12.2. The summed E-state index contributed by atoms with van der Waals surface area (Å²) in [6.45, 7) is 2.94. The Kier molecular flexibility index (Phi) is 6.15. The second-order valence-electron chi connectivity index (χ2n) is 6.04. The number of aryl methyl sites for hydroxylation is 1. The molecule has 1 N–H and O–H groups in total. The van der Waals surface area contributed by atoms with Crippen molar-refractivity contribution in [2.75, 3.05) is 18.8 Å². The van der Waals surface area contributed by atoms with Crippen molar-refractivity contribution >= 4 is 34.2 Å². The molecule has 0 saturated carbocycles. The second kappa shape index (κ2) is 8.54. The normalized spacial score (nSPS) is 15.4. The van der Waals surface area contributed by atoms with Gasteiger partial charge in [-0.05, 0) is 29.0 Å². The largest absolute Gasteiger partial charge is 0.343 e. The maximum atomic E-state index is 12.5. The number of rotatable bonds is 7. The number of nitrogens with zero attached hydrogens (tertiary/aromatic N) is 1. The summed E-state index contributed by atoms with van der Waals surface area (Å²) in [6, 6.07) is 12.3. The van der Waals surface area contributed by atoms with Crippen LogP contribution in [0.5, 0.6) is 0 Å². The Bertz CT molecular complexity index is 714. The van der Waals surface area contributed by atoms with E-state index < -0.39 is 0 Å². The summed E-state index contributed by atoms with van der Waals surface area (Å²) in [5.41, 5.74) is 2.37. The highest BCUT2D eigenvalue weighted by Gasteiger charge is 2.25. The van der Waals surface area contributed by atoms with E-state index in [0.717, 1.165) is 29.0 Å². The van der Waals surface area contributed by atoms with E-state index in [1.807, 2.05) is 17.5 Å². The van der Waals surface area contributed by atoms with E-state index in [1.165, 1.54) is 17.3 Å². The molecule has 2 heterocycles. The third-order valence-electron chi connectivity index (χ3n) is 4.16. The Hall–Kier alpha value is -1.79. The molecule has 1 saturated heterocycles. The number of thioether (sulfide) groups is 1. The van der Waals surface area contributed by atoms with E-state index >= 15 is 0 Å². The first kappa shape index (κ1) is 18.0. The molecule has 0 aliphatic carbocycles. The summed E-state index contributed by atoms with van der Waals surface area (Å²) in [7, 11) is 0. The van der Waals surface area contributed by atoms with Gasteiger partial charge in [-0.25, -0.2) is 0 Å². The van der Waals surface area contributed by atoms with Crippen LogP contribution in [0.3, 0.4) is 0 Å². The lowest BCUT2D eigenvalue weighted by molar-refractivity contribution is -0.122. The number of hydrogen-bond acceptors (Lipinski definition) is 4. The van der Waals surface area contributed by atoms with Crippen LogP contribution in [0.1, 0.15) is 35.4 Å². The molecule has 1 atom stereocenters. The zero-order valence-electron chi connectivity index (χ0n) is 14.2. The molecule has 4 nitrogen and oxygen atoms in total. The summed E-state index contributed by atoms with van der Waals surface area (Å²) in [6.07, 6.45) is 2.18. The lowest BCUT2D eigenvalue weighted by atomic mass is 10.0. The van der Waals surface area contributed by atoms with E-state index in [2.05, 4.69) is 36.5 Å². The number of carbonyl (C=O) groups excluding carboxylic acids is 2. The first-order valence-electron chi connectivity index (χ1n) is 8.50. The fraction of sp³-hybridized carbons (Fsp3) is 0.368. The van der Waals surface area contributed by atoms with Crippen molar-refractivity contribution in [3.8, 4) is 0 Å². The lowest BCUT2D eigenvalue weighted by Crippen LogP contribution is -2.39. The van der Waals surface area contributed by atoms with Gasteiger partial charge in [0.2, 0.25) is 5.91 Å². The average Bonchev–Trinajstić information content (AvgIpc) is 3.27. The van der Waals surface area contributed by atoms with Crippen LogP contribution in [0.25, 0.3) is 0 Å². The Balaban J connectivity index is 1.73. The van der Waals surface area contributed by atoms with Crippen LogP contribution in [0.2, 0.25) is 0 Å². The summed E-state index contributed by atoms with van der Waals surface area (Å²) >= 11 is 2.90. The first-order valence-corrected chi connectivity index (χ1v) is 10.4. The van der Waals surface area contributed by atoms with Gasteiger partial charge in [0.25, 0.3) is 5.24 Å². The Morgan fingerprint density at radius 3 is 2.68 bits per heavy atom. The molecule has 1 aliphatic rings. The van der Waals surface area contributed by atoms with Gasteiger partial charge < -0.3 is 10.2 Å². The van der Waals surface area contributed by atoms with Crippen LogP contribution in [0.4, 0.5) is 4.79 Å². The summed E-state index contributed by atoms with van der Waals surface area (Å²) < 4.78 is 0. The van der Waals surface area contributed by atoms with Crippen molar-refractivity contribution < 1.29 is 9.59 Å². The Morgan fingerprint density at radius 2 is 2.08 bits per heavy atom. The monoisotopic (exact) mass is 374 g/mol. The van der Waals surface area contributed by atoms with Gasteiger partial charge >= 0.3 is 0 Å². The van der Waals surface area contributed by atoms with Gasteiger partial charge in [0.1, 0.15) is 6.54 Å². The maximum absolute atomic E-state index is 12.5. The Morgan fingerprint density at radius 1 is 1.28 bits per heavy atom. The molecule has 1 aromatic heterocycles. The van der Waals surface area contributed by atoms with Crippen LogP contribution in [0.15, 0.2) is 41.8 Å². The molecular weight excluding hydrogens is 352 g/mol. The van der Waals surface area contributed by atoms with Gasteiger partial charge in [-0.2, -0.15) is 0 Å². The quantitative estimate of drug-likeness (QED) is 0.795. The molecule has 3 rings (SSSR count). The van der Waals surface area contributed by atoms with E-state index in [-0.39, 0.29) is 23.7 Å². The number of thiophene rings is 1. The van der Waals surface area contributed by atoms with Crippen LogP contribution >= 0.6 is 23.1 Å². The molecule has 1 aromatic carbocycles. The Labute approximate surface area is 156 Å². The fourth-order valence-corrected chi connectivity index (χ4v) is 4.52. The van der Waals surface area contributed by atoms with Crippen molar-refractivity contribution in [1.82, 2.24) is 10.2 Å². The van der Waals surface area contributed by atoms with Crippen molar-refractivity contribution in [3.05, 3.63) is 57.8 Å². The van der Waals surface area contributed by atoms with E-state index in [4.69, 9.17) is 0 Å². The molecule has 1 fully saturated rings. The van der Waals surface area contributed by atoms with Crippen LogP contribution in [0, 0.1) is 0 Å². The smallest absolute Gasteiger partial charge is 0.282 e. The minimum Gasteiger partial charge on any atom is -0.343 e. The summed E-state index contributed by atoms with van der Waals surface area (Å²) in [5.74, 6) is 0.645. The van der Waals surface area contributed by atoms with Crippen LogP contribution in [-0.4, -0.2) is 34.9 Å². The van der Waals surface area contributed by atoms with Gasteiger partial charge in [0.15, 0.2) is 0 Å². The average molecular weight is 375 g/mol. The molecular formula is C19H22N2O2S2. The fourth-order valence-electron chi connectivity index (χ4n) is 2.89. The van der Waals surface area contributed by atoms with E-state index in [1.54, 1.807) is 16.2 Å². The zero-order valence-corrected chi connectivity index (χ0v) is 15.9. The molecule has 0 spiro atoms. The van der Waals surface area contributed by atoms with Gasteiger partial charge in [-0.15, -0.1) is 11.3 Å². The van der Waals surface area contributed by atoms with Crippen LogP contribution in [-0.2, 0) is 11.2 Å². The third-order valence-corrected chi connectivity index (χ3v) is 5.99. The molecule has 1 aliphatic heterocycles. The highest BCUT2D eigenvalue weighted by Crippen LogP contribution is 2.27. The maximum Gasteiger partial charge on any atom is 0.282 e. The number of nitrogens with one attached hydrogen (secondary N) is 1. The highest BCUT2D eigenvalue weighted by molar-refractivity contribution is 8.13. The van der Waals surface area contributed by atoms with Gasteiger partial charge in [0.05, 0.1) is 6.04 Å². The molecule has 132 valence electrons. The number of benzene rings is 1. The van der Waals surface area contributed by atoms with Crippen molar-refractivity contribution in [2.45, 2.75) is 25.8 Å². The number of amides is 2. The van der Waals surface area contributed by atoms with Gasteiger partial charge in [-0.1, -0.05) is 55.4 Å². The molecule has 0 unspecified atom stereocenters. The van der Waals surface area contributed by atoms with Gasteiger partial charge in [-0.3, -0.25) is 9.59 Å². The van der Waals surface area contributed by atoms with Crippen molar-refractivity contribution in [1.29, 1.82) is 0 Å². The van der Waals surface area contributed by atoms with Crippen molar-refractivity contribution in [2.24, 2.45) is 0 Å². The molecule has 0 bridgehead atoms. The lowest BCUT2D eigenvalue weighted by Gasteiger charge is -2.21. The minimum atomic E-state index is -0.173. The topological polar surface area (TPSA) is 49.4 Å². The summed E-state index contributed by atoms with van der Waals surface area (Å²) in [5, 5.41) is 5.11. The minimum absolute atomic E-state index is 0.00765. The molecule has 25 heavy (non-hydrogen) atoms. The summed E-state index contributed by atoms with van der Waals surface area (Å²) in [4.78, 5) is 26.9. The SMILES string of the molecule is CCCc1ccc([C@@H](NC(=O)CN2CCSC2=O)c2cccs2)cc1. The number of carbonyl (C=O) groups is 2. The van der Waals surface area contributed by atoms with Crippen molar-refractivity contribution in [3.63, 3.8) is 0 Å². The highest BCUT2D eigenvalue weighted by atomic mass is 32.2. The van der Waals surface area contributed by atoms with Crippen LogP contribution < -0.4 is 5.32 Å².